The fourth-order valence-electron chi connectivity index (χ4n) is 2.76. The van der Waals surface area contributed by atoms with Gasteiger partial charge in [0.15, 0.2) is 0 Å². The molecule has 1 amide bonds. The van der Waals surface area contributed by atoms with Crippen LogP contribution in [0.5, 0.6) is 0 Å². The number of carbonyl (C=O) groups is 1. The number of rotatable bonds is 5. The number of methoxy groups -OCH3 is 1. The maximum Gasteiger partial charge on any atom is 0.240 e. The van der Waals surface area contributed by atoms with Crippen LogP contribution in [-0.4, -0.2) is 79.3 Å². The van der Waals surface area contributed by atoms with Gasteiger partial charge in [0, 0.05) is 51.0 Å². The molecule has 2 rings (SSSR count). The number of hydrogen-bond acceptors (Lipinski definition) is 5. The molecule has 2 unspecified atom stereocenters. The topological polar surface area (TPSA) is 44.8 Å². The van der Waals surface area contributed by atoms with Crippen molar-refractivity contribution in [1.82, 2.24) is 15.1 Å². The van der Waals surface area contributed by atoms with E-state index < -0.39 is 0 Å². The molecule has 1 N–H and O–H groups in total. The zero-order chi connectivity index (χ0) is 13.7. The molecule has 6 heteroatoms. The Hall–Kier alpha value is -0.300. The quantitative estimate of drug-likeness (QED) is 0.784. The maximum atomic E-state index is 12.4. The van der Waals surface area contributed by atoms with Crippen LogP contribution in [-0.2, 0) is 9.53 Å². The molecule has 2 saturated heterocycles. The van der Waals surface area contributed by atoms with E-state index in [0.29, 0.717) is 6.04 Å². The summed E-state index contributed by atoms with van der Waals surface area (Å²) in [6, 6.07) is 0.509. The van der Waals surface area contributed by atoms with E-state index in [4.69, 9.17) is 4.74 Å². The molecule has 2 heterocycles. The first kappa shape index (κ1) is 15.1. The fourth-order valence-corrected chi connectivity index (χ4v) is 3.69. The highest BCUT2D eigenvalue weighted by atomic mass is 32.2. The van der Waals surface area contributed by atoms with E-state index in [1.807, 2.05) is 16.7 Å². The summed E-state index contributed by atoms with van der Waals surface area (Å²) in [5.74, 6) is 2.11. The highest BCUT2D eigenvalue weighted by Crippen LogP contribution is 2.17. The molecule has 2 atom stereocenters. The van der Waals surface area contributed by atoms with Crippen molar-refractivity contribution in [2.45, 2.75) is 25.4 Å². The molecule has 2 aliphatic rings. The molecule has 2 fully saturated rings. The summed E-state index contributed by atoms with van der Waals surface area (Å²) in [5, 5.41) is 3.27. The zero-order valence-corrected chi connectivity index (χ0v) is 12.7. The lowest BCUT2D eigenvalue weighted by molar-refractivity contribution is -0.135. The van der Waals surface area contributed by atoms with Gasteiger partial charge in [-0.1, -0.05) is 6.92 Å². The Morgan fingerprint density at radius 1 is 1.47 bits per heavy atom. The third-order valence-corrected chi connectivity index (χ3v) is 4.92. The lowest BCUT2D eigenvalue weighted by atomic mass is 10.1. The van der Waals surface area contributed by atoms with Gasteiger partial charge in [0.25, 0.3) is 0 Å². The van der Waals surface area contributed by atoms with Crippen LogP contribution in [0, 0.1) is 0 Å². The molecule has 5 nitrogen and oxygen atoms in total. The molecule has 2 aliphatic heterocycles. The van der Waals surface area contributed by atoms with Gasteiger partial charge in [-0.2, -0.15) is 0 Å². The standard InChI is InChI=1S/C13H25N3O2S/c1-3-11-8-16(5-4-15(11)6-7-18-2)13(17)12-9-19-10-14-12/h11-12,14H,3-10H2,1-2H3. The molecule has 110 valence electrons. The van der Waals surface area contributed by atoms with Crippen LogP contribution in [0.15, 0.2) is 0 Å². The Balaban J connectivity index is 1.86. The monoisotopic (exact) mass is 287 g/mol. The van der Waals surface area contributed by atoms with Gasteiger partial charge in [-0.15, -0.1) is 11.8 Å². The number of nitrogens with one attached hydrogen (secondary N) is 1. The van der Waals surface area contributed by atoms with Crippen LogP contribution in [0.3, 0.4) is 0 Å². The minimum atomic E-state index is 0.0352. The molecular formula is C13H25N3O2S. The van der Waals surface area contributed by atoms with E-state index >= 15 is 0 Å². The number of nitrogens with zero attached hydrogens (tertiary/aromatic N) is 2. The van der Waals surface area contributed by atoms with E-state index in [-0.39, 0.29) is 11.9 Å². The smallest absolute Gasteiger partial charge is 0.240 e. The van der Waals surface area contributed by atoms with Crippen molar-refractivity contribution in [3.63, 3.8) is 0 Å². The van der Waals surface area contributed by atoms with E-state index in [2.05, 4.69) is 17.1 Å². The number of carbonyl (C=O) groups excluding carboxylic acids is 1. The number of ether oxygens (including phenoxy) is 1. The van der Waals surface area contributed by atoms with Crippen LogP contribution in [0.4, 0.5) is 0 Å². The van der Waals surface area contributed by atoms with Crippen molar-refractivity contribution in [1.29, 1.82) is 0 Å². The number of thioether (sulfide) groups is 1. The van der Waals surface area contributed by atoms with Gasteiger partial charge in [-0.05, 0) is 6.42 Å². The Kier molecular flexibility index (Phi) is 5.94. The summed E-state index contributed by atoms with van der Waals surface area (Å²) >= 11 is 1.81. The second-order valence-corrected chi connectivity index (χ2v) is 6.18. The van der Waals surface area contributed by atoms with Crippen LogP contribution >= 0.6 is 11.8 Å². The van der Waals surface area contributed by atoms with Gasteiger partial charge in [-0.3, -0.25) is 15.0 Å². The first-order valence-electron chi connectivity index (χ1n) is 7.09. The molecule has 0 radical (unpaired) electrons. The third-order valence-electron chi connectivity index (χ3n) is 3.98. The van der Waals surface area contributed by atoms with Crippen molar-refractivity contribution in [2.75, 3.05) is 51.5 Å². The summed E-state index contributed by atoms with van der Waals surface area (Å²) < 4.78 is 5.16. The van der Waals surface area contributed by atoms with Crippen LogP contribution in [0.2, 0.25) is 0 Å². The summed E-state index contributed by atoms with van der Waals surface area (Å²) in [4.78, 5) is 16.9. The average molecular weight is 287 g/mol. The van der Waals surface area contributed by atoms with Crippen molar-refractivity contribution in [2.24, 2.45) is 0 Å². The van der Waals surface area contributed by atoms with E-state index in [9.17, 15) is 4.79 Å². The van der Waals surface area contributed by atoms with Gasteiger partial charge in [0.1, 0.15) is 0 Å². The van der Waals surface area contributed by atoms with Gasteiger partial charge < -0.3 is 9.64 Å². The second kappa shape index (κ2) is 7.47. The molecule has 0 aromatic carbocycles. The Morgan fingerprint density at radius 2 is 2.32 bits per heavy atom. The lowest BCUT2D eigenvalue weighted by Crippen LogP contribution is -2.58. The summed E-state index contributed by atoms with van der Waals surface area (Å²) in [6.07, 6.45) is 1.08. The predicted octanol–water partition coefficient (Wildman–Crippen LogP) is 0.218. The maximum absolute atomic E-state index is 12.4. The SMILES string of the molecule is CCC1CN(C(=O)C2CSCN2)CCN1CCOC. The van der Waals surface area contributed by atoms with Crippen molar-refractivity contribution in [3.05, 3.63) is 0 Å². The summed E-state index contributed by atoms with van der Waals surface area (Å²) in [5.41, 5.74) is 0. The van der Waals surface area contributed by atoms with E-state index in [0.717, 1.165) is 50.8 Å². The minimum absolute atomic E-state index is 0.0352. The molecule has 0 bridgehead atoms. The molecule has 0 saturated carbocycles. The normalized spacial score (nSPS) is 28.8. The Labute approximate surface area is 120 Å². The van der Waals surface area contributed by atoms with Gasteiger partial charge in [-0.25, -0.2) is 0 Å². The van der Waals surface area contributed by atoms with E-state index in [1.54, 1.807) is 7.11 Å². The second-order valence-electron chi connectivity index (χ2n) is 5.15. The third kappa shape index (κ3) is 3.84. The molecular weight excluding hydrogens is 262 g/mol. The minimum Gasteiger partial charge on any atom is -0.383 e. The van der Waals surface area contributed by atoms with Crippen LogP contribution < -0.4 is 5.32 Å². The van der Waals surface area contributed by atoms with Gasteiger partial charge >= 0.3 is 0 Å². The number of amides is 1. The molecule has 19 heavy (non-hydrogen) atoms. The predicted molar refractivity (Wildman–Crippen MR) is 78.4 cm³/mol. The van der Waals surface area contributed by atoms with Crippen molar-refractivity contribution >= 4 is 17.7 Å². The van der Waals surface area contributed by atoms with Crippen LogP contribution in [0.25, 0.3) is 0 Å². The molecule has 0 aromatic heterocycles. The highest BCUT2D eigenvalue weighted by Gasteiger charge is 2.32. The zero-order valence-electron chi connectivity index (χ0n) is 11.9. The number of hydrogen-bond donors (Lipinski definition) is 1. The first-order valence-corrected chi connectivity index (χ1v) is 8.24. The summed E-state index contributed by atoms with van der Waals surface area (Å²) in [6.45, 7) is 6.61. The molecule has 0 aromatic rings. The Morgan fingerprint density at radius 3 is 2.95 bits per heavy atom. The molecule has 0 spiro atoms. The van der Waals surface area contributed by atoms with Crippen molar-refractivity contribution < 1.29 is 9.53 Å². The van der Waals surface area contributed by atoms with Crippen molar-refractivity contribution in [3.8, 4) is 0 Å². The molecule has 0 aliphatic carbocycles. The lowest BCUT2D eigenvalue weighted by Gasteiger charge is -2.41. The Bertz CT molecular complexity index is 298. The van der Waals surface area contributed by atoms with Crippen LogP contribution in [0.1, 0.15) is 13.3 Å². The largest absolute Gasteiger partial charge is 0.383 e. The van der Waals surface area contributed by atoms with E-state index in [1.165, 1.54) is 0 Å². The fraction of sp³-hybridized carbons (Fsp3) is 0.923. The summed E-state index contributed by atoms with van der Waals surface area (Å²) in [7, 11) is 1.74. The van der Waals surface area contributed by atoms with Gasteiger partial charge in [0.2, 0.25) is 5.91 Å². The van der Waals surface area contributed by atoms with Gasteiger partial charge in [0.05, 0.1) is 12.6 Å². The first-order chi connectivity index (χ1) is 9.26. The number of piperazine rings is 1. The average Bonchev–Trinajstić information content (AvgIpc) is 2.98. The highest BCUT2D eigenvalue weighted by molar-refractivity contribution is 7.99.